The molecule has 0 amide bonds. The van der Waals surface area contributed by atoms with Crippen LogP contribution in [-0.4, -0.2) is 61.1 Å². The molecule has 0 heterocycles. The Morgan fingerprint density at radius 1 is 1.17 bits per heavy atom. The van der Waals surface area contributed by atoms with Gasteiger partial charge in [-0.3, -0.25) is 0 Å². The van der Waals surface area contributed by atoms with E-state index in [4.69, 9.17) is 24.8 Å². The summed E-state index contributed by atoms with van der Waals surface area (Å²) in [5, 5.41) is 25.9. The molecule has 0 aliphatic heterocycles. The van der Waals surface area contributed by atoms with Gasteiger partial charge in [0.05, 0.1) is 26.4 Å². The van der Waals surface area contributed by atoms with Crippen molar-refractivity contribution in [2.24, 2.45) is 0 Å². The highest BCUT2D eigenvalue weighted by molar-refractivity contribution is 4.54. The molecule has 0 rings (SSSR count). The van der Waals surface area contributed by atoms with Gasteiger partial charge in [-0.05, 0) is 0 Å². The van der Waals surface area contributed by atoms with Gasteiger partial charge in [0.15, 0.2) is 0 Å². The molecule has 0 aromatic rings. The van der Waals surface area contributed by atoms with E-state index in [2.05, 4.69) is 0 Å². The molecule has 0 radical (unpaired) electrons. The first-order chi connectivity index (χ1) is 5.74. The van der Waals surface area contributed by atoms with Crippen molar-refractivity contribution in [2.75, 3.05) is 33.5 Å². The topological polar surface area (TPSA) is 79.2 Å². The van der Waals surface area contributed by atoms with Crippen LogP contribution in [0.3, 0.4) is 0 Å². The van der Waals surface area contributed by atoms with Crippen LogP contribution in [0.5, 0.6) is 0 Å². The molecule has 0 unspecified atom stereocenters. The zero-order valence-electron chi connectivity index (χ0n) is 7.14. The number of hydrogen-bond acceptors (Lipinski definition) is 5. The van der Waals surface area contributed by atoms with Crippen LogP contribution in [0.1, 0.15) is 0 Å². The number of aliphatic hydroxyl groups excluding tert-OH is 3. The Hall–Kier alpha value is -0.200. The van der Waals surface area contributed by atoms with E-state index < -0.39 is 6.10 Å². The first kappa shape index (κ1) is 11.8. The summed E-state index contributed by atoms with van der Waals surface area (Å²) in [4.78, 5) is 0. The predicted octanol–water partition coefficient (Wildman–Crippen LogP) is -1.64. The third-order valence-corrected chi connectivity index (χ3v) is 1.36. The zero-order valence-corrected chi connectivity index (χ0v) is 7.14. The molecular formula is C7H16O5. The van der Waals surface area contributed by atoms with Crippen LogP contribution in [0, 0.1) is 0 Å². The van der Waals surface area contributed by atoms with Gasteiger partial charge in [-0.25, -0.2) is 0 Å². The fraction of sp³-hybridized carbons (Fsp3) is 1.00. The second-order valence-electron chi connectivity index (χ2n) is 2.41. The Morgan fingerprint density at radius 2 is 1.83 bits per heavy atom. The van der Waals surface area contributed by atoms with Crippen molar-refractivity contribution in [2.45, 2.75) is 12.2 Å². The fourth-order valence-electron chi connectivity index (χ4n) is 0.584. The average Bonchev–Trinajstić information content (AvgIpc) is 2.12. The van der Waals surface area contributed by atoms with Gasteiger partial charge >= 0.3 is 0 Å². The smallest absolute Gasteiger partial charge is 0.103 e. The van der Waals surface area contributed by atoms with Crippen molar-refractivity contribution in [3.63, 3.8) is 0 Å². The highest BCUT2D eigenvalue weighted by Gasteiger charge is 2.07. The molecule has 0 saturated heterocycles. The minimum atomic E-state index is -0.860. The van der Waals surface area contributed by atoms with Crippen LogP contribution in [-0.2, 0) is 9.47 Å². The molecule has 0 spiro atoms. The summed E-state index contributed by atoms with van der Waals surface area (Å²) in [7, 11) is 1.46. The maximum atomic E-state index is 8.84. The minimum absolute atomic E-state index is 0.0519. The van der Waals surface area contributed by atoms with Crippen molar-refractivity contribution >= 4 is 0 Å². The maximum absolute atomic E-state index is 8.84. The summed E-state index contributed by atoms with van der Waals surface area (Å²) in [6.45, 7) is -0.178. The van der Waals surface area contributed by atoms with Gasteiger partial charge in [-0.1, -0.05) is 0 Å². The van der Waals surface area contributed by atoms with Crippen molar-refractivity contribution in [1.82, 2.24) is 0 Å². The Balaban J connectivity index is 3.28. The van der Waals surface area contributed by atoms with E-state index >= 15 is 0 Å². The first-order valence-electron chi connectivity index (χ1n) is 3.74. The van der Waals surface area contributed by atoms with Gasteiger partial charge in [0, 0.05) is 7.11 Å². The van der Waals surface area contributed by atoms with Crippen molar-refractivity contribution in [3.05, 3.63) is 0 Å². The van der Waals surface area contributed by atoms with Crippen LogP contribution >= 0.6 is 0 Å². The second kappa shape index (κ2) is 7.45. The van der Waals surface area contributed by atoms with Gasteiger partial charge < -0.3 is 24.8 Å². The van der Waals surface area contributed by atoms with Gasteiger partial charge in [0.2, 0.25) is 0 Å². The number of hydrogen-bond donors (Lipinski definition) is 3. The SMILES string of the molecule is CO[C@@H](CO)COC[C@H](O)CO. The van der Waals surface area contributed by atoms with Crippen LogP contribution in [0.15, 0.2) is 0 Å². The largest absolute Gasteiger partial charge is 0.394 e. The van der Waals surface area contributed by atoms with E-state index in [1.807, 2.05) is 0 Å². The normalized spacial score (nSPS) is 16.0. The summed E-state index contributed by atoms with van der Waals surface area (Å²) >= 11 is 0. The van der Waals surface area contributed by atoms with Crippen LogP contribution in [0.4, 0.5) is 0 Å². The lowest BCUT2D eigenvalue weighted by Gasteiger charge is -2.13. The molecule has 0 fully saturated rings. The zero-order chi connectivity index (χ0) is 9.40. The van der Waals surface area contributed by atoms with E-state index in [9.17, 15) is 0 Å². The van der Waals surface area contributed by atoms with Gasteiger partial charge in [-0.15, -0.1) is 0 Å². The number of ether oxygens (including phenoxy) is 2. The van der Waals surface area contributed by atoms with Gasteiger partial charge in [0.25, 0.3) is 0 Å². The summed E-state index contributed by atoms with van der Waals surface area (Å²) in [6, 6.07) is 0. The molecule has 0 aromatic carbocycles. The van der Waals surface area contributed by atoms with Crippen LogP contribution in [0.2, 0.25) is 0 Å². The molecular weight excluding hydrogens is 164 g/mol. The molecule has 0 aromatic heterocycles. The van der Waals surface area contributed by atoms with Crippen molar-refractivity contribution in [1.29, 1.82) is 0 Å². The summed E-state index contributed by atoms with van der Waals surface area (Å²) in [5.41, 5.74) is 0. The molecule has 5 nitrogen and oxygen atoms in total. The predicted molar refractivity (Wildman–Crippen MR) is 41.8 cm³/mol. The third-order valence-electron chi connectivity index (χ3n) is 1.36. The molecule has 0 aliphatic carbocycles. The Kier molecular flexibility index (Phi) is 7.33. The molecule has 74 valence electrons. The Morgan fingerprint density at radius 3 is 2.25 bits per heavy atom. The summed E-state index contributed by atoms with van der Waals surface area (Å²) < 4.78 is 9.73. The van der Waals surface area contributed by atoms with E-state index in [1.54, 1.807) is 0 Å². The van der Waals surface area contributed by atoms with Crippen molar-refractivity contribution in [3.8, 4) is 0 Å². The van der Waals surface area contributed by atoms with E-state index in [1.165, 1.54) is 7.11 Å². The minimum Gasteiger partial charge on any atom is -0.394 e. The highest BCUT2D eigenvalue weighted by atomic mass is 16.5. The third kappa shape index (κ3) is 5.45. The monoisotopic (exact) mass is 180 g/mol. The number of aliphatic hydroxyl groups is 3. The van der Waals surface area contributed by atoms with Crippen molar-refractivity contribution < 1.29 is 24.8 Å². The average molecular weight is 180 g/mol. The highest BCUT2D eigenvalue weighted by Crippen LogP contribution is 1.91. The van der Waals surface area contributed by atoms with E-state index in [0.717, 1.165) is 0 Å². The lowest BCUT2D eigenvalue weighted by molar-refractivity contribution is -0.0502. The standard InChI is InChI=1S/C7H16O5/c1-11-7(3-9)5-12-4-6(10)2-8/h6-10H,2-5H2,1H3/t6-,7+/m1/s1. The molecule has 0 bridgehead atoms. The molecule has 12 heavy (non-hydrogen) atoms. The molecule has 3 N–H and O–H groups in total. The van der Waals surface area contributed by atoms with E-state index in [-0.39, 0.29) is 32.5 Å². The Bertz CT molecular complexity index is 93.8. The van der Waals surface area contributed by atoms with Crippen LogP contribution in [0.25, 0.3) is 0 Å². The fourth-order valence-corrected chi connectivity index (χ4v) is 0.584. The Labute approximate surface area is 71.5 Å². The quantitative estimate of drug-likeness (QED) is 0.438. The molecule has 0 saturated carbocycles. The molecule has 0 aliphatic rings. The number of rotatable bonds is 7. The maximum Gasteiger partial charge on any atom is 0.103 e. The van der Waals surface area contributed by atoms with Gasteiger partial charge in [-0.2, -0.15) is 0 Å². The number of methoxy groups -OCH3 is 1. The summed E-state index contributed by atoms with van der Waals surface area (Å²) in [6.07, 6.45) is -1.22. The first-order valence-corrected chi connectivity index (χ1v) is 3.74. The lowest BCUT2D eigenvalue weighted by atomic mass is 10.4. The van der Waals surface area contributed by atoms with Gasteiger partial charge in [0.1, 0.15) is 12.2 Å². The second-order valence-corrected chi connectivity index (χ2v) is 2.41. The molecule has 2 atom stereocenters. The van der Waals surface area contributed by atoms with Crippen LogP contribution < -0.4 is 0 Å². The van der Waals surface area contributed by atoms with E-state index in [0.29, 0.717) is 0 Å². The summed E-state index contributed by atoms with van der Waals surface area (Å²) in [5.74, 6) is 0. The molecule has 5 heteroatoms. The lowest BCUT2D eigenvalue weighted by Crippen LogP contribution is -2.26.